The third-order valence-electron chi connectivity index (χ3n) is 4.46. The van der Waals surface area contributed by atoms with Crippen LogP contribution in [0, 0.1) is 5.41 Å². The van der Waals surface area contributed by atoms with Crippen LogP contribution in [0.25, 0.3) is 0 Å². The van der Waals surface area contributed by atoms with Gasteiger partial charge in [-0.15, -0.1) is 0 Å². The topological polar surface area (TPSA) is 69.6 Å². The zero-order valence-corrected chi connectivity index (χ0v) is 9.11. The maximum Gasteiger partial charge on any atom is 0.407 e. The van der Waals surface area contributed by atoms with Crippen molar-refractivity contribution in [3.05, 3.63) is 0 Å². The van der Waals surface area contributed by atoms with Crippen LogP contribution in [-0.4, -0.2) is 40.6 Å². The van der Waals surface area contributed by atoms with Gasteiger partial charge >= 0.3 is 6.09 Å². The van der Waals surface area contributed by atoms with Crippen molar-refractivity contribution < 1.29 is 14.7 Å². The van der Waals surface area contributed by atoms with Crippen LogP contribution in [0.5, 0.6) is 0 Å². The average Bonchev–Trinajstić information content (AvgIpc) is 2.69. The van der Waals surface area contributed by atoms with Gasteiger partial charge in [-0.25, -0.2) is 4.79 Å². The fourth-order valence-corrected chi connectivity index (χ4v) is 3.77. The van der Waals surface area contributed by atoms with Crippen LogP contribution < -0.4 is 5.32 Å². The minimum atomic E-state index is -0.819. The smallest absolute Gasteiger partial charge is 0.407 e. The lowest BCUT2D eigenvalue weighted by Gasteiger charge is -2.41. The Morgan fingerprint density at radius 2 is 2.00 bits per heavy atom. The van der Waals surface area contributed by atoms with E-state index in [2.05, 4.69) is 5.32 Å². The number of fused-ring (bicyclic) bond motifs is 2. The molecule has 2 atom stereocenters. The molecule has 2 unspecified atom stereocenters. The van der Waals surface area contributed by atoms with Crippen LogP contribution in [0.2, 0.25) is 0 Å². The number of nitrogens with one attached hydrogen (secondary N) is 1. The van der Waals surface area contributed by atoms with E-state index in [4.69, 9.17) is 5.11 Å². The Balaban J connectivity index is 1.87. The number of hydrogen-bond donors (Lipinski definition) is 2. The molecule has 0 saturated carbocycles. The van der Waals surface area contributed by atoms with E-state index < -0.39 is 6.09 Å². The molecule has 0 aromatic carbocycles. The third-order valence-corrected chi connectivity index (χ3v) is 4.46. The predicted molar refractivity (Wildman–Crippen MR) is 56.0 cm³/mol. The molecule has 0 radical (unpaired) electrons. The number of carboxylic acid groups (broad SMARTS) is 1. The van der Waals surface area contributed by atoms with E-state index in [9.17, 15) is 9.59 Å². The second-order valence-corrected chi connectivity index (χ2v) is 5.27. The molecule has 2 bridgehead atoms. The number of amides is 2. The predicted octanol–water partition coefficient (Wildman–Crippen LogP) is 0.797. The van der Waals surface area contributed by atoms with E-state index in [1.54, 1.807) is 4.90 Å². The summed E-state index contributed by atoms with van der Waals surface area (Å²) < 4.78 is 0. The van der Waals surface area contributed by atoms with Gasteiger partial charge in [0.1, 0.15) is 0 Å². The number of piperidine rings is 1. The molecular formula is C11H16N2O3. The van der Waals surface area contributed by atoms with Gasteiger partial charge in [-0.05, 0) is 32.1 Å². The summed E-state index contributed by atoms with van der Waals surface area (Å²) in [6.45, 7) is 0.755. The first-order chi connectivity index (χ1) is 7.62. The summed E-state index contributed by atoms with van der Waals surface area (Å²) in [5.41, 5.74) is -0.252. The van der Waals surface area contributed by atoms with Gasteiger partial charge in [0.15, 0.2) is 0 Å². The molecule has 5 heteroatoms. The van der Waals surface area contributed by atoms with Crippen LogP contribution in [0.1, 0.15) is 32.1 Å². The lowest BCUT2D eigenvalue weighted by atomic mass is 9.74. The number of nitrogens with zero attached hydrogens (tertiary/aromatic N) is 1. The fraction of sp³-hybridized carbons (Fsp3) is 0.818. The van der Waals surface area contributed by atoms with Crippen molar-refractivity contribution >= 4 is 12.0 Å². The molecule has 3 aliphatic rings. The summed E-state index contributed by atoms with van der Waals surface area (Å²) in [5.74, 6) is 0.148. The normalized spacial score (nSPS) is 41.5. The molecular weight excluding hydrogens is 208 g/mol. The van der Waals surface area contributed by atoms with Crippen LogP contribution >= 0.6 is 0 Å². The first-order valence-electron chi connectivity index (χ1n) is 5.92. The van der Waals surface area contributed by atoms with Gasteiger partial charge in [-0.1, -0.05) is 0 Å². The van der Waals surface area contributed by atoms with Crippen molar-refractivity contribution in [1.29, 1.82) is 0 Å². The van der Waals surface area contributed by atoms with Gasteiger partial charge in [0.2, 0.25) is 5.91 Å². The molecule has 0 aromatic heterocycles. The molecule has 3 rings (SSSR count). The van der Waals surface area contributed by atoms with E-state index in [1.165, 1.54) is 0 Å². The highest BCUT2D eigenvalue weighted by Crippen LogP contribution is 2.48. The monoisotopic (exact) mass is 224 g/mol. The summed E-state index contributed by atoms with van der Waals surface area (Å²) in [7, 11) is 0. The molecule has 0 aromatic rings. The van der Waals surface area contributed by atoms with E-state index >= 15 is 0 Å². The highest BCUT2D eigenvalue weighted by atomic mass is 16.4. The van der Waals surface area contributed by atoms with Crippen molar-refractivity contribution in [2.75, 3.05) is 6.54 Å². The molecule has 3 fully saturated rings. The van der Waals surface area contributed by atoms with Crippen LogP contribution in [-0.2, 0) is 4.79 Å². The Morgan fingerprint density at radius 1 is 1.38 bits per heavy atom. The summed E-state index contributed by atoms with van der Waals surface area (Å²) in [4.78, 5) is 24.6. The molecule has 3 aliphatic heterocycles. The van der Waals surface area contributed by atoms with Gasteiger partial charge in [0.25, 0.3) is 0 Å². The fourth-order valence-electron chi connectivity index (χ4n) is 3.77. The maximum absolute atomic E-state index is 11.9. The second kappa shape index (κ2) is 3.12. The van der Waals surface area contributed by atoms with E-state index in [1.807, 2.05) is 0 Å². The minimum Gasteiger partial charge on any atom is -0.465 e. The van der Waals surface area contributed by atoms with Crippen LogP contribution in [0.4, 0.5) is 4.79 Å². The molecule has 88 valence electrons. The molecule has 3 saturated heterocycles. The minimum absolute atomic E-state index is 0.0695. The Hall–Kier alpha value is -1.26. The standard InChI is InChI=1S/C11H16N2O3/c14-9-11(3-4-12-9)5-7-1-2-8(6-11)13(7)10(15)16/h7-8H,1-6H2,(H,12,14)(H,15,16). The van der Waals surface area contributed by atoms with Crippen molar-refractivity contribution in [3.8, 4) is 0 Å². The summed E-state index contributed by atoms with van der Waals surface area (Å²) in [6.07, 6.45) is 3.36. The van der Waals surface area contributed by atoms with Crippen molar-refractivity contribution in [3.63, 3.8) is 0 Å². The Morgan fingerprint density at radius 3 is 2.44 bits per heavy atom. The lowest BCUT2D eigenvalue weighted by Crippen LogP contribution is -2.52. The highest BCUT2D eigenvalue weighted by molar-refractivity contribution is 5.85. The van der Waals surface area contributed by atoms with E-state index in [0.717, 1.165) is 38.6 Å². The first-order valence-corrected chi connectivity index (χ1v) is 5.92. The van der Waals surface area contributed by atoms with E-state index in [-0.39, 0.29) is 23.4 Å². The number of carbonyl (C=O) groups excluding carboxylic acids is 1. The van der Waals surface area contributed by atoms with Crippen molar-refractivity contribution in [2.45, 2.75) is 44.2 Å². The average molecular weight is 224 g/mol. The Kier molecular flexibility index (Phi) is 1.94. The molecule has 3 heterocycles. The van der Waals surface area contributed by atoms with Gasteiger partial charge in [0.05, 0.1) is 5.41 Å². The van der Waals surface area contributed by atoms with Gasteiger partial charge in [0, 0.05) is 18.6 Å². The molecule has 2 N–H and O–H groups in total. The Labute approximate surface area is 93.8 Å². The van der Waals surface area contributed by atoms with Crippen LogP contribution in [0.3, 0.4) is 0 Å². The Bertz CT molecular complexity index is 341. The molecule has 2 amide bonds. The zero-order valence-electron chi connectivity index (χ0n) is 9.11. The third kappa shape index (κ3) is 1.17. The van der Waals surface area contributed by atoms with E-state index in [0.29, 0.717) is 0 Å². The van der Waals surface area contributed by atoms with Crippen molar-refractivity contribution in [1.82, 2.24) is 10.2 Å². The zero-order chi connectivity index (χ0) is 11.3. The van der Waals surface area contributed by atoms with Crippen molar-refractivity contribution in [2.24, 2.45) is 5.41 Å². The number of carbonyl (C=O) groups is 2. The van der Waals surface area contributed by atoms with Crippen LogP contribution in [0.15, 0.2) is 0 Å². The molecule has 5 nitrogen and oxygen atoms in total. The maximum atomic E-state index is 11.9. The lowest BCUT2D eigenvalue weighted by molar-refractivity contribution is -0.131. The molecule has 1 spiro atoms. The quantitative estimate of drug-likeness (QED) is 0.639. The number of hydrogen-bond acceptors (Lipinski definition) is 2. The van der Waals surface area contributed by atoms with Gasteiger partial charge in [-0.3, -0.25) is 4.79 Å². The summed E-state index contributed by atoms with van der Waals surface area (Å²) >= 11 is 0. The molecule has 0 aliphatic carbocycles. The summed E-state index contributed by atoms with van der Waals surface area (Å²) in [6, 6.07) is 0.139. The highest BCUT2D eigenvalue weighted by Gasteiger charge is 2.54. The SMILES string of the molecule is O=C(O)N1C2CCC1CC1(CCNC1=O)C2. The molecule has 16 heavy (non-hydrogen) atoms. The second-order valence-electron chi connectivity index (χ2n) is 5.27. The number of rotatable bonds is 0. The first kappa shape index (κ1) is 9.93. The summed E-state index contributed by atoms with van der Waals surface area (Å²) in [5, 5.41) is 12.0. The van der Waals surface area contributed by atoms with Gasteiger partial charge in [-0.2, -0.15) is 0 Å². The largest absolute Gasteiger partial charge is 0.465 e. The van der Waals surface area contributed by atoms with Gasteiger partial charge < -0.3 is 15.3 Å².